The molecule has 1 aliphatic rings. The van der Waals surface area contributed by atoms with Gasteiger partial charge in [0, 0.05) is 18.9 Å². The van der Waals surface area contributed by atoms with Crippen molar-refractivity contribution in [1.82, 2.24) is 4.90 Å². The zero-order valence-electron chi connectivity index (χ0n) is 9.52. The van der Waals surface area contributed by atoms with Crippen molar-refractivity contribution in [2.45, 2.75) is 34.6 Å². The summed E-state index contributed by atoms with van der Waals surface area (Å²) >= 11 is 0. The van der Waals surface area contributed by atoms with Crippen molar-refractivity contribution in [2.75, 3.05) is 7.05 Å². The molecule has 0 aromatic heterocycles. The van der Waals surface area contributed by atoms with Crippen molar-refractivity contribution < 1.29 is 0 Å². The lowest BCUT2D eigenvalue weighted by atomic mass is 9.99. The molecular weight excluding hydrogens is 158 g/mol. The molecule has 1 nitrogen and oxygen atoms in total. The Bertz CT molecular complexity index is 316. The number of nitrogens with zero attached hydrogens (tertiary/aromatic N) is 1. The molecule has 0 bridgehead atoms. The molecule has 1 heteroatoms. The highest BCUT2D eigenvalue weighted by Crippen LogP contribution is 2.27. The van der Waals surface area contributed by atoms with E-state index in [1.165, 1.54) is 28.0 Å². The van der Waals surface area contributed by atoms with Gasteiger partial charge in [-0.15, -0.1) is 0 Å². The molecule has 0 unspecified atom stereocenters. The van der Waals surface area contributed by atoms with Gasteiger partial charge in [0.15, 0.2) is 0 Å². The number of hydrogen-bond acceptors (Lipinski definition) is 1. The third-order valence-electron chi connectivity index (χ3n) is 3.18. The number of hydrogen-bond donors (Lipinski definition) is 0. The highest BCUT2D eigenvalue weighted by atomic mass is 15.1. The van der Waals surface area contributed by atoms with Gasteiger partial charge in [-0.2, -0.15) is 0 Å². The van der Waals surface area contributed by atoms with E-state index in [-0.39, 0.29) is 0 Å². The summed E-state index contributed by atoms with van der Waals surface area (Å²) in [6.07, 6.45) is 2.20. The summed E-state index contributed by atoms with van der Waals surface area (Å²) in [7, 11) is 2.11. The van der Waals surface area contributed by atoms with Gasteiger partial charge in [0.2, 0.25) is 0 Å². The zero-order chi connectivity index (χ0) is 10.2. The zero-order valence-corrected chi connectivity index (χ0v) is 9.52. The second kappa shape index (κ2) is 3.41. The van der Waals surface area contributed by atoms with Gasteiger partial charge < -0.3 is 4.90 Å². The molecule has 0 aromatic rings. The van der Waals surface area contributed by atoms with Crippen LogP contribution in [0.1, 0.15) is 34.6 Å². The first-order valence-corrected chi connectivity index (χ1v) is 4.72. The Morgan fingerprint density at radius 3 is 1.92 bits per heavy atom. The van der Waals surface area contributed by atoms with Crippen molar-refractivity contribution in [3.05, 3.63) is 34.2 Å². The van der Waals surface area contributed by atoms with Crippen LogP contribution in [0.2, 0.25) is 0 Å². The minimum Gasteiger partial charge on any atom is -0.354 e. The van der Waals surface area contributed by atoms with Crippen LogP contribution in [0.4, 0.5) is 0 Å². The van der Waals surface area contributed by atoms with E-state index in [1.807, 2.05) is 0 Å². The Kier molecular flexibility index (Phi) is 2.65. The normalized spacial score (nSPS) is 19.2. The first-order valence-electron chi connectivity index (χ1n) is 4.72. The Morgan fingerprint density at radius 2 is 1.38 bits per heavy atom. The van der Waals surface area contributed by atoms with Crippen LogP contribution in [-0.2, 0) is 0 Å². The van der Waals surface area contributed by atoms with E-state index in [0.717, 1.165) is 0 Å². The van der Waals surface area contributed by atoms with Gasteiger partial charge in [0.25, 0.3) is 0 Å². The monoisotopic (exact) mass is 177 g/mol. The van der Waals surface area contributed by atoms with Crippen LogP contribution in [0.15, 0.2) is 34.2 Å². The third kappa shape index (κ3) is 1.69. The minimum absolute atomic E-state index is 1.34. The fraction of sp³-hybridized carbons (Fsp3) is 0.500. The predicted molar refractivity (Wildman–Crippen MR) is 58.3 cm³/mol. The van der Waals surface area contributed by atoms with Crippen molar-refractivity contribution >= 4 is 0 Å². The SMILES string of the molecule is CC1=CN(C)C(C)=C(C)C(C)=C1C. The van der Waals surface area contributed by atoms with E-state index in [4.69, 9.17) is 0 Å². The van der Waals surface area contributed by atoms with Crippen LogP contribution in [-0.4, -0.2) is 11.9 Å². The molecule has 0 aliphatic carbocycles. The van der Waals surface area contributed by atoms with Crippen LogP contribution in [0.3, 0.4) is 0 Å². The molecule has 1 heterocycles. The summed E-state index contributed by atoms with van der Waals surface area (Å²) in [5.41, 5.74) is 6.91. The molecule has 0 saturated carbocycles. The van der Waals surface area contributed by atoms with Crippen molar-refractivity contribution in [1.29, 1.82) is 0 Å². The topological polar surface area (TPSA) is 3.24 Å². The number of allylic oxidation sites excluding steroid dienone is 5. The van der Waals surface area contributed by atoms with Crippen molar-refractivity contribution in [3.8, 4) is 0 Å². The number of rotatable bonds is 0. The molecule has 0 saturated heterocycles. The average molecular weight is 177 g/mol. The maximum Gasteiger partial charge on any atom is 0.0172 e. The first-order chi connectivity index (χ1) is 5.95. The van der Waals surface area contributed by atoms with Gasteiger partial charge in [-0.1, -0.05) is 0 Å². The summed E-state index contributed by atoms with van der Waals surface area (Å²) in [5, 5.41) is 0. The molecule has 1 rings (SSSR count). The molecular formula is C12H19N. The van der Waals surface area contributed by atoms with Gasteiger partial charge in [0.05, 0.1) is 0 Å². The van der Waals surface area contributed by atoms with E-state index in [2.05, 4.69) is 52.8 Å². The molecule has 0 atom stereocenters. The van der Waals surface area contributed by atoms with E-state index in [0.29, 0.717) is 0 Å². The molecule has 0 spiro atoms. The van der Waals surface area contributed by atoms with Gasteiger partial charge in [-0.3, -0.25) is 0 Å². The van der Waals surface area contributed by atoms with E-state index < -0.39 is 0 Å². The molecule has 1 aliphatic heterocycles. The van der Waals surface area contributed by atoms with Crippen LogP contribution >= 0.6 is 0 Å². The van der Waals surface area contributed by atoms with Crippen molar-refractivity contribution in [2.24, 2.45) is 0 Å². The van der Waals surface area contributed by atoms with E-state index in [1.54, 1.807) is 0 Å². The molecule has 0 radical (unpaired) electrons. The maximum absolute atomic E-state index is 2.20. The standard InChI is InChI=1S/C12H19N/c1-8-7-13(6)12(5)11(4)10(3)9(8)2/h7H,1-6H3. The average Bonchev–Trinajstić information content (AvgIpc) is 2.15. The minimum atomic E-state index is 1.34. The summed E-state index contributed by atoms with van der Waals surface area (Å²) in [6, 6.07) is 0. The van der Waals surface area contributed by atoms with Crippen LogP contribution < -0.4 is 0 Å². The Labute approximate surface area is 81.4 Å². The van der Waals surface area contributed by atoms with Gasteiger partial charge >= 0.3 is 0 Å². The summed E-state index contributed by atoms with van der Waals surface area (Å²) in [4.78, 5) is 2.20. The molecule has 0 aromatic carbocycles. The highest BCUT2D eigenvalue weighted by Gasteiger charge is 2.11. The largest absolute Gasteiger partial charge is 0.354 e. The maximum atomic E-state index is 2.20. The van der Waals surface area contributed by atoms with Gasteiger partial charge in [0.1, 0.15) is 0 Å². The molecule has 13 heavy (non-hydrogen) atoms. The second-order valence-corrected chi connectivity index (χ2v) is 3.88. The highest BCUT2D eigenvalue weighted by molar-refractivity contribution is 5.45. The van der Waals surface area contributed by atoms with E-state index >= 15 is 0 Å². The molecule has 0 N–H and O–H groups in total. The molecule has 0 fully saturated rings. The van der Waals surface area contributed by atoms with Crippen LogP contribution in [0.25, 0.3) is 0 Å². The predicted octanol–water partition coefficient (Wildman–Crippen LogP) is 3.47. The quantitative estimate of drug-likeness (QED) is 0.547. The Balaban J connectivity index is 3.32. The van der Waals surface area contributed by atoms with Crippen LogP contribution in [0.5, 0.6) is 0 Å². The van der Waals surface area contributed by atoms with Crippen LogP contribution in [0, 0.1) is 0 Å². The Hall–Kier alpha value is -0.980. The van der Waals surface area contributed by atoms with Gasteiger partial charge in [-0.25, -0.2) is 0 Å². The molecule has 72 valence electrons. The lowest BCUT2D eigenvalue weighted by molar-refractivity contribution is 0.561. The fourth-order valence-corrected chi connectivity index (χ4v) is 1.60. The lowest BCUT2D eigenvalue weighted by Gasteiger charge is -2.16. The van der Waals surface area contributed by atoms with Gasteiger partial charge in [-0.05, 0) is 56.9 Å². The fourth-order valence-electron chi connectivity index (χ4n) is 1.60. The second-order valence-electron chi connectivity index (χ2n) is 3.88. The molecule has 0 amide bonds. The summed E-state index contributed by atoms with van der Waals surface area (Å²) in [5.74, 6) is 0. The lowest BCUT2D eigenvalue weighted by Crippen LogP contribution is -2.08. The Morgan fingerprint density at radius 1 is 0.846 bits per heavy atom. The summed E-state index contributed by atoms with van der Waals surface area (Å²) < 4.78 is 0. The van der Waals surface area contributed by atoms with E-state index in [9.17, 15) is 0 Å². The first kappa shape index (κ1) is 10.1. The smallest absolute Gasteiger partial charge is 0.0172 e. The third-order valence-corrected chi connectivity index (χ3v) is 3.18. The van der Waals surface area contributed by atoms with Crippen molar-refractivity contribution in [3.63, 3.8) is 0 Å². The summed E-state index contributed by atoms with van der Waals surface area (Å²) in [6.45, 7) is 10.9.